The van der Waals surface area contributed by atoms with E-state index in [4.69, 9.17) is 10.5 Å². The predicted molar refractivity (Wildman–Crippen MR) is 83.0 cm³/mol. The predicted octanol–water partition coefficient (Wildman–Crippen LogP) is 2.34. The van der Waals surface area contributed by atoms with Gasteiger partial charge in [-0.25, -0.2) is 0 Å². The Morgan fingerprint density at radius 1 is 1.35 bits per heavy atom. The van der Waals surface area contributed by atoms with Gasteiger partial charge in [0.15, 0.2) is 0 Å². The molecule has 1 atom stereocenters. The van der Waals surface area contributed by atoms with Gasteiger partial charge in [-0.3, -0.25) is 4.79 Å². The van der Waals surface area contributed by atoms with Crippen molar-refractivity contribution in [3.8, 4) is 5.75 Å². The lowest BCUT2D eigenvalue weighted by Gasteiger charge is -2.24. The standard InChI is InChI=1S/C15H25N3O2/c1-5-18(6-2)15(19)11(4)17-12-9-8-10-13(14(12)16)20-7-3/h8-11,17H,5-7,16H2,1-4H3. The number of hydrogen-bond acceptors (Lipinski definition) is 4. The highest BCUT2D eigenvalue weighted by Gasteiger charge is 2.19. The molecule has 0 aliphatic carbocycles. The molecular weight excluding hydrogens is 254 g/mol. The van der Waals surface area contributed by atoms with Crippen LogP contribution in [-0.4, -0.2) is 36.5 Å². The van der Waals surface area contributed by atoms with Gasteiger partial charge in [0, 0.05) is 13.1 Å². The zero-order valence-electron chi connectivity index (χ0n) is 12.8. The molecule has 0 aliphatic heterocycles. The van der Waals surface area contributed by atoms with E-state index in [1.54, 1.807) is 4.90 Å². The second-order valence-corrected chi connectivity index (χ2v) is 4.53. The fraction of sp³-hybridized carbons (Fsp3) is 0.533. The Balaban J connectivity index is 2.82. The SMILES string of the molecule is CCOc1cccc(NC(C)C(=O)N(CC)CC)c1N. The molecule has 1 aromatic carbocycles. The summed E-state index contributed by atoms with van der Waals surface area (Å²) in [6, 6.07) is 5.21. The van der Waals surface area contributed by atoms with Gasteiger partial charge in [0.25, 0.3) is 0 Å². The van der Waals surface area contributed by atoms with Gasteiger partial charge in [0.1, 0.15) is 11.8 Å². The number of anilines is 2. The molecule has 0 radical (unpaired) electrons. The summed E-state index contributed by atoms with van der Waals surface area (Å²) in [5.41, 5.74) is 7.31. The molecule has 1 unspecified atom stereocenters. The summed E-state index contributed by atoms with van der Waals surface area (Å²) < 4.78 is 5.45. The van der Waals surface area contributed by atoms with Gasteiger partial charge in [0.05, 0.1) is 18.0 Å². The number of nitrogens with one attached hydrogen (secondary N) is 1. The van der Waals surface area contributed by atoms with E-state index in [2.05, 4.69) is 5.32 Å². The fourth-order valence-corrected chi connectivity index (χ4v) is 2.06. The lowest BCUT2D eigenvalue weighted by molar-refractivity contribution is -0.131. The van der Waals surface area contributed by atoms with Crippen molar-refractivity contribution in [2.24, 2.45) is 0 Å². The number of nitrogen functional groups attached to an aromatic ring is 1. The summed E-state index contributed by atoms with van der Waals surface area (Å²) in [4.78, 5) is 14.0. The molecule has 1 rings (SSSR count). The molecule has 20 heavy (non-hydrogen) atoms. The van der Waals surface area contributed by atoms with Crippen molar-refractivity contribution in [1.82, 2.24) is 4.90 Å². The van der Waals surface area contributed by atoms with Gasteiger partial charge in [-0.15, -0.1) is 0 Å². The van der Waals surface area contributed by atoms with Crippen molar-refractivity contribution >= 4 is 17.3 Å². The minimum absolute atomic E-state index is 0.0659. The molecule has 0 aliphatic rings. The highest BCUT2D eigenvalue weighted by atomic mass is 16.5. The van der Waals surface area contributed by atoms with E-state index in [0.717, 1.165) is 5.69 Å². The Labute approximate surface area is 121 Å². The molecule has 0 bridgehead atoms. The van der Waals surface area contributed by atoms with Crippen LogP contribution in [0.15, 0.2) is 18.2 Å². The molecule has 112 valence electrons. The monoisotopic (exact) mass is 279 g/mol. The summed E-state index contributed by atoms with van der Waals surface area (Å²) >= 11 is 0. The van der Waals surface area contributed by atoms with Crippen LogP contribution < -0.4 is 15.8 Å². The van der Waals surface area contributed by atoms with Crippen LogP contribution in [0.1, 0.15) is 27.7 Å². The Hall–Kier alpha value is -1.91. The quantitative estimate of drug-likeness (QED) is 0.752. The van der Waals surface area contributed by atoms with Crippen LogP contribution in [0.2, 0.25) is 0 Å². The Morgan fingerprint density at radius 2 is 2.00 bits per heavy atom. The lowest BCUT2D eigenvalue weighted by Crippen LogP contribution is -2.41. The van der Waals surface area contributed by atoms with E-state index in [-0.39, 0.29) is 11.9 Å². The zero-order valence-corrected chi connectivity index (χ0v) is 12.8. The van der Waals surface area contributed by atoms with Crippen molar-refractivity contribution < 1.29 is 9.53 Å². The number of nitrogens with zero attached hydrogens (tertiary/aromatic N) is 1. The average Bonchev–Trinajstić information content (AvgIpc) is 2.44. The van der Waals surface area contributed by atoms with Crippen LogP contribution in [-0.2, 0) is 4.79 Å². The molecule has 5 nitrogen and oxygen atoms in total. The number of carbonyl (C=O) groups is 1. The summed E-state index contributed by atoms with van der Waals surface area (Å²) in [5.74, 6) is 0.705. The first-order valence-electron chi connectivity index (χ1n) is 7.11. The highest BCUT2D eigenvalue weighted by molar-refractivity contribution is 5.86. The maximum Gasteiger partial charge on any atom is 0.244 e. The molecule has 1 amide bonds. The smallest absolute Gasteiger partial charge is 0.244 e. The number of para-hydroxylation sites is 1. The summed E-state index contributed by atoms with van der Waals surface area (Å²) in [6.07, 6.45) is 0. The first kappa shape index (κ1) is 16.1. The third-order valence-corrected chi connectivity index (χ3v) is 3.18. The number of amides is 1. The minimum atomic E-state index is -0.325. The molecule has 0 saturated carbocycles. The Kier molecular flexibility index (Phi) is 6.15. The number of rotatable bonds is 7. The van der Waals surface area contributed by atoms with Gasteiger partial charge in [0.2, 0.25) is 5.91 Å². The largest absolute Gasteiger partial charge is 0.492 e. The summed E-state index contributed by atoms with van der Waals surface area (Å²) in [6.45, 7) is 9.66. The maximum atomic E-state index is 12.2. The van der Waals surface area contributed by atoms with Gasteiger partial charge < -0.3 is 20.7 Å². The van der Waals surface area contributed by atoms with Gasteiger partial charge in [-0.2, -0.15) is 0 Å². The number of benzene rings is 1. The number of nitrogens with two attached hydrogens (primary N) is 1. The van der Waals surface area contributed by atoms with Crippen molar-refractivity contribution in [2.45, 2.75) is 33.7 Å². The molecule has 0 spiro atoms. The lowest BCUT2D eigenvalue weighted by atomic mass is 10.2. The molecular formula is C15H25N3O2. The summed E-state index contributed by atoms with van der Waals surface area (Å²) in [5, 5.41) is 3.16. The molecule has 0 saturated heterocycles. The Bertz CT molecular complexity index is 445. The van der Waals surface area contributed by atoms with Crippen molar-refractivity contribution in [3.63, 3.8) is 0 Å². The molecule has 0 heterocycles. The van der Waals surface area contributed by atoms with Crippen molar-refractivity contribution in [1.29, 1.82) is 0 Å². The van der Waals surface area contributed by atoms with Crippen molar-refractivity contribution in [2.75, 3.05) is 30.7 Å². The molecule has 1 aromatic rings. The van der Waals surface area contributed by atoms with Crippen LogP contribution in [0.25, 0.3) is 0 Å². The Morgan fingerprint density at radius 3 is 2.55 bits per heavy atom. The van der Waals surface area contributed by atoms with Crippen LogP contribution in [0.5, 0.6) is 5.75 Å². The van der Waals surface area contributed by atoms with Crippen LogP contribution >= 0.6 is 0 Å². The van der Waals surface area contributed by atoms with Gasteiger partial charge >= 0.3 is 0 Å². The average molecular weight is 279 g/mol. The number of likely N-dealkylation sites (N-methyl/N-ethyl adjacent to an activating group) is 1. The van der Waals surface area contributed by atoms with Gasteiger partial charge in [-0.1, -0.05) is 6.07 Å². The van der Waals surface area contributed by atoms with E-state index in [1.807, 2.05) is 45.9 Å². The van der Waals surface area contributed by atoms with Gasteiger partial charge in [-0.05, 0) is 39.8 Å². The first-order chi connectivity index (χ1) is 9.54. The topological polar surface area (TPSA) is 67.6 Å². The zero-order chi connectivity index (χ0) is 15.1. The van der Waals surface area contributed by atoms with E-state index in [0.29, 0.717) is 31.1 Å². The van der Waals surface area contributed by atoms with Crippen LogP contribution in [0.3, 0.4) is 0 Å². The number of carbonyl (C=O) groups excluding carboxylic acids is 1. The third kappa shape index (κ3) is 3.79. The molecule has 5 heteroatoms. The number of ether oxygens (including phenoxy) is 1. The second kappa shape index (κ2) is 7.62. The van der Waals surface area contributed by atoms with Crippen LogP contribution in [0.4, 0.5) is 11.4 Å². The highest BCUT2D eigenvalue weighted by Crippen LogP contribution is 2.29. The van der Waals surface area contributed by atoms with E-state index < -0.39 is 0 Å². The number of hydrogen-bond donors (Lipinski definition) is 2. The van der Waals surface area contributed by atoms with E-state index in [1.165, 1.54) is 0 Å². The molecule has 0 aromatic heterocycles. The molecule has 3 N–H and O–H groups in total. The second-order valence-electron chi connectivity index (χ2n) is 4.53. The first-order valence-corrected chi connectivity index (χ1v) is 7.11. The van der Waals surface area contributed by atoms with E-state index in [9.17, 15) is 4.79 Å². The fourth-order valence-electron chi connectivity index (χ4n) is 2.06. The normalized spacial score (nSPS) is 11.8. The van der Waals surface area contributed by atoms with Crippen molar-refractivity contribution in [3.05, 3.63) is 18.2 Å². The molecule has 0 fully saturated rings. The minimum Gasteiger partial charge on any atom is -0.492 e. The van der Waals surface area contributed by atoms with E-state index >= 15 is 0 Å². The van der Waals surface area contributed by atoms with Crippen LogP contribution in [0, 0.1) is 0 Å². The maximum absolute atomic E-state index is 12.2. The summed E-state index contributed by atoms with van der Waals surface area (Å²) in [7, 11) is 0. The third-order valence-electron chi connectivity index (χ3n) is 3.18.